The van der Waals surface area contributed by atoms with Crippen LogP contribution in [0.25, 0.3) is 11.1 Å². The topological polar surface area (TPSA) is 17.1 Å². The van der Waals surface area contributed by atoms with Crippen LogP contribution in [0.3, 0.4) is 0 Å². The maximum absolute atomic E-state index is 12.5. The summed E-state index contributed by atoms with van der Waals surface area (Å²) in [6, 6.07) is 17.5. The Bertz CT molecular complexity index is 681. The summed E-state index contributed by atoms with van der Waals surface area (Å²) in [6.45, 7) is 4.33. The molecule has 0 aliphatic heterocycles. The Hall–Kier alpha value is -1.89. The van der Waals surface area contributed by atoms with Crippen LogP contribution < -0.4 is 0 Å². The molecule has 0 heterocycles. The van der Waals surface area contributed by atoms with E-state index in [0.29, 0.717) is 17.6 Å². The van der Waals surface area contributed by atoms with E-state index in [0.717, 1.165) is 25.7 Å². The van der Waals surface area contributed by atoms with Gasteiger partial charge in [0.15, 0.2) is 0 Å². The van der Waals surface area contributed by atoms with Crippen molar-refractivity contribution in [3.63, 3.8) is 0 Å². The van der Waals surface area contributed by atoms with E-state index < -0.39 is 0 Å². The molecule has 0 saturated heterocycles. The van der Waals surface area contributed by atoms with Crippen molar-refractivity contribution in [2.75, 3.05) is 0 Å². The molecule has 2 unspecified atom stereocenters. The molecule has 1 saturated carbocycles. The molecule has 0 radical (unpaired) electrons. The Labute approximate surface area is 152 Å². The van der Waals surface area contributed by atoms with Gasteiger partial charge in [-0.15, -0.1) is 0 Å². The van der Waals surface area contributed by atoms with Crippen molar-refractivity contribution in [2.24, 2.45) is 5.92 Å². The van der Waals surface area contributed by atoms with Crippen molar-refractivity contribution in [1.82, 2.24) is 0 Å². The van der Waals surface area contributed by atoms with Gasteiger partial charge in [0.05, 0.1) is 0 Å². The Kier molecular flexibility index (Phi) is 6.07. The van der Waals surface area contributed by atoms with E-state index in [1.54, 1.807) is 0 Å². The van der Waals surface area contributed by atoms with Crippen molar-refractivity contribution >= 4 is 5.78 Å². The summed E-state index contributed by atoms with van der Waals surface area (Å²) in [7, 11) is 0. The number of benzene rings is 2. The highest BCUT2D eigenvalue weighted by Gasteiger charge is 2.28. The normalized spacial score (nSPS) is 20.6. The average molecular weight is 335 g/mol. The SMILES string of the molecule is CCCCCC1CCC(c2ccc(-c3ccc(C)cc3)cc2)CC1=O. The van der Waals surface area contributed by atoms with E-state index in [2.05, 4.69) is 62.4 Å². The van der Waals surface area contributed by atoms with Crippen molar-refractivity contribution in [3.8, 4) is 11.1 Å². The van der Waals surface area contributed by atoms with Gasteiger partial charge in [-0.2, -0.15) is 0 Å². The zero-order chi connectivity index (χ0) is 17.6. The number of hydrogen-bond acceptors (Lipinski definition) is 1. The Morgan fingerprint density at radius 2 is 1.52 bits per heavy atom. The molecule has 1 aliphatic carbocycles. The van der Waals surface area contributed by atoms with E-state index in [1.165, 1.54) is 41.5 Å². The lowest BCUT2D eigenvalue weighted by Crippen LogP contribution is -2.23. The predicted octanol–water partition coefficient (Wildman–Crippen LogP) is 6.70. The van der Waals surface area contributed by atoms with Crippen LogP contribution >= 0.6 is 0 Å². The number of unbranched alkanes of at least 4 members (excludes halogenated alkanes) is 2. The molecule has 0 amide bonds. The molecule has 132 valence electrons. The van der Waals surface area contributed by atoms with Crippen LogP contribution in [0.5, 0.6) is 0 Å². The van der Waals surface area contributed by atoms with Crippen molar-refractivity contribution < 1.29 is 4.79 Å². The Balaban J connectivity index is 1.61. The number of aryl methyl sites for hydroxylation is 1. The van der Waals surface area contributed by atoms with Crippen LogP contribution in [0.1, 0.15) is 68.9 Å². The zero-order valence-corrected chi connectivity index (χ0v) is 15.6. The molecule has 0 aromatic heterocycles. The Morgan fingerprint density at radius 3 is 2.12 bits per heavy atom. The van der Waals surface area contributed by atoms with E-state index >= 15 is 0 Å². The molecule has 1 aliphatic rings. The van der Waals surface area contributed by atoms with Crippen LogP contribution in [0.4, 0.5) is 0 Å². The number of Topliss-reactive ketones (excluding diaryl/α,β-unsaturated/α-hetero) is 1. The van der Waals surface area contributed by atoms with Gasteiger partial charge in [-0.05, 0) is 48.8 Å². The maximum Gasteiger partial charge on any atom is 0.136 e. The number of ketones is 1. The van der Waals surface area contributed by atoms with E-state index in [-0.39, 0.29) is 0 Å². The van der Waals surface area contributed by atoms with Gasteiger partial charge in [-0.25, -0.2) is 0 Å². The van der Waals surface area contributed by atoms with Gasteiger partial charge in [0.2, 0.25) is 0 Å². The van der Waals surface area contributed by atoms with Gasteiger partial charge >= 0.3 is 0 Å². The van der Waals surface area contributed by atoms with Gasteiger partial charge in [-0.1, -0.05) is 80.3 Å². The maximum atomic E-state index is 12.5. The van der Waals surface area contributed by atoms with Crippen molar-refractivity contribution in [1.29, 1.82) is 0 Å². The predicted molar refractivity (Wildman–Crippen MR) is 106 cm³/mol. The van der Waals surface area contributed by atoms with Gasteiger partial charge in [0.1, 0.15) is 5.78 Å². The minimum absolute atomic E-state index is 0.328. The summed E-state index contributed by atoms with van der Waals surface area (Å²) < 4.78 is 0. The van der Waals surface area contributed by atoms with E-state index in [1.807, 2.05) is 0 Å². The summed E-state index contributed by atoms with van der Waals surface area (Å²) in [5, 5.41) is 0. The summed E-state index contributed by atoms with van der Waals surface area (Å²) in [5.74, 6) is 1.24. The molecule has 2 aromatic carbocycles. The fraction of sp³-hybridized carbons (Fsp3) is 0.458. The molecule has 0 bridgehead atoms. The largest absolute Gasteiger partial charge is 0.299 e. The Morgan fingerprint density at radius 1 is 0.880 bits per heavy atom. The number of rotatable bonds is 6. The second-order valence-electron chi connectivity index (χ2n) is 7.63. The highest BCUT2D eigenvalue weighted by molar-refractivity contribution is 5.82. The monoisotopic (exact) mass is 334 g/mol. The minimum Gasteiger partial charge on any atom is -0.299 e. The van der Waals surface area contributed by atoms with Crippen LogP contribution in [-0.2, 0) is 4.79 Å². The second kappa shape index (κ2) is 8.47. The van der Waals surface area contributed by atoms with Gasteiger partial charge in [-0.3, -0.25) is 4.79 Å². The van der Waals surface area contributed by atoms with E-state index in [4.69, 9.17) is 0 Å². The summed E-state index contributed by atoms with van der Waals surface area (Å²) >= 11 is 0. The molecule has 25 heavy (non-hydrogen) atoms. The fourth-order valence-corrected chi connectivity index (χ4v) is 4.00. The summed E-state index contributed by atoms with van der Waals surface area (Å²) in [6.07, 6.45) is 7.78. The summed E-state index contributed by atoms with van der Waals surface area (Å²) in [5.41, 5.74) is 5.13. The third-order valence-corrected chi connectivity index (χ3v) is 5.69. The number of carbonyl (C=O) groups is 1. The molecular weight excluding hydrogens is 304 g/mol. The molecular formula is C24H30O. The van der Waals surface area contributed by atoms with Crippen molar-refractivity contribution in [2.45, 2.75) is 64.7 Å². The highest BCUT2D eigenvalue weighted by atomic mass is 16.1. The number of carbonyl (C=O) groups excluding carboxylic acids is 1. The first-order valence-electron chi connectivity index (χ1n) is 9.87. The van der Waals surface area contributed by atoms with Gasteiger partial charge in [0.25, 0.3) is 0 Å². The lowest BCUT2D eigenvalue weighted by molar-refractivity contribution is -0.125. The second-order valence-corrected chi connectivity index (χ2v) is 7.63. The number of hydrogen-bond donors (Lipinski definition) is 0. The lowest BCUT2D eigenvalue weighted by Gasteiger charge is -2.28. The van der Waals surface area contributed by atoms with Gasteiger partial charge < -0.3 is 0 Å². The fourth-order valence-electron chi connectivity index (χ4n) is 4.00. The molecule has 2 atom stereocenters. The first-order valence-corrected chi connectivity index (χ1v) is 9.87. The molecule has 1 nitrogen and oxygen atoms in total. The molecule has 1 heteroatoms. The minimum atomic E-state index is 0.328. The van der Waals surface area contributed by atoms with Gasteiger partial charge in [0, 0.05) is 12.3 Å². The molecule has 1 fully saturated rings. The zero-order valence-electron chi connectivity index (χ0n) is 15.6. The lowest BCUT2D eigenvalue weighted by atomic mass is 9.76. The molecule has 3 rings (SSSR count). The van der Waals surface area contributed by atoms with Crippen LogP contribution in [0.2, 0.25) is 0 Å². The highest BCUT2D eigenvalue weighted by Crippen LogP contribution is 2.36. The van der Waals surface area contributed by atoms with E-state index in [9.17, 15) is 4.79 Å². The standard InChI is InChI=1S/C24H30O/c1-3-4-5-6-22-15-16-23(17-24(22)25)21-13-11-20(12-14-21)19-9-7-18(2)8-10-19/h7-14,22-23H,3-6,15-17H2,1-2H3. The van der Waals surface area contributed by atoms with Crippen LogP contribution in [0, 0.1) is 12.8 Å². The van der Waals surface area contributed by atoms with Crippen molar-refractivity contribution in [3.05, 3.63) is 59.7 Å². The third kappa shape index (κ3) is 4.60. The first kappa shape index (κ1) is 17.9. The van der Waals surface area contributed by atoms with Crippen LogP contribution in [-0.4, -0.2) is 5.78 Å². The molecule has 0 spiro atoms. The average Bonchev–Trinajstić information content (AvgIpc) is 2.64. The third-order valence-electron chi connectivity index (χ3n) is 5.69. The molecule has 0 N–H and O–H groups in total. The smallest absolute Gasteiger partial charge is 0.136 e. The molecule has 2 aromatic rings. The first-order chi connectivity index (χ1) is 12.2. The van der Waals surface area contributed by atoms with Crippen LogP contribution in [0.15, 0.2) is 48.5 Å². The summed E-state index contributed by atoms with van der Waals surface area (Å²) in [4.78, 5) is 12.5. The quantitative estimate of drug-likeness (QED) is 0.537.